The number of benzene rings is 1. The molecular weight excluding hydrogens is 315 g/mol. The van der Waals surface area contributed by atoms with Gasteiger partial charge in [0.05, 0.1) is 17.3 Å². The lowest BCUT2D eigenvalue weighted by Gasteiger charge is -2.09. The molecule has 1 aromatic heterocycles. The summed E-state index contributed by atoms with van der Waals surface area (Å²) in [5.41, 5.74) is 0.328. The summed E-state index contributed by atoms with van der Waals surface area (Å²) in [6, 6.07) is 5.13. The average Bonchev–Trinajstić information content (AvgIpc) is 2.43. The van der Waals surface area contributed by atoms with Gasteiger partial charge in [-0.05, 0) is 40.5 Å². The predicted octanol–water partition coefficient (Wildman–Crippen LogP) is 3.74. The molecule has 1 aromatic carbocycles. The lowest BCUT2D eigenvalue weighted by molar-refractivity contribution is 0.403. The number of rotatable bonds is 4. The minimum atomic E-state index is -0.535. The van der Waals surface area contributed by atoms with Crippen LogP contribution in [-0.4, -0.2) is 17.1 Å². The monoisotopic (exact) mass is 326 g/mol. The van der Waals surface area contributed by atoms with Crippen molar-refractivity contribution in [3.8, 4) is 17.4 Å². The summed E-state index contributed by atoms with van der Waals surface area (Å²) in [5, 5.41) is 0. The maximum Gasteiger partial charge on any atom is 0.259 e. The van der Waals surface area contributed by atoms with Gasteiger partial charge in [0.15, 0.2) is 0 Å². The number of aromatic nitrogens is 2. The number of ether oxygens (including phenoxy) is 2. The largest absolute Gasteiger partial charge is 0.497 e. The smallest absolute Gasteiger partial charge is 0.259 e. The molecule has 0 aliphatic rings. The van der Waals surface area contributed by atoms with Gasteiger partial charge in [0.25, 0.3) is 5.88 Å². The summed E-state index contributed by atoms with van der Waals surface area (Å²) < 4.78 is 25.1. The predicted molar refractivity (Wildman–Crippen MR) is 72.1 cm³/mol. The van der Waals surface area contributed by atoms with Crippen molar-refractivity contribution in [2.75, 3.05) is 7.11 Å². The first-order chi connectivity index (χ1) is 9.15. The van der Waals surface area contributed by atoms with Gasteiger partial charge < -0.3 is 9.47 Å². The van der Waals surface area contributed by atoms with Crippen LogP contribution in [0.25, 0.3) is 0 Å². The molecule has 0 amide bonds. The maximum absolute atomic E-state index is 13.9. The third-order valence-electron chi connectivity index (χ3n) is 2.51. The molecule has 0 saturated carbocycles. The minimum absolute atomic E-state index is 0.0854. The molecule has 0 aliphatic carbocycles. The summed E-state index contributed by atoms with van der Waals surface area (Å²) in [6.45, 7) is 1.82. The van der Waals surface area contributed by atoms with Crippen molar-refractivity contribution in [3.63, 3.8) is 0 Å². The van der Waals surface area contributed by atoms with Crippen LogP contribution in [0.15, 0.2) is 29.0 Å². The SMILES string of the molecule is CCc1ncnc(Oc2ccc(OC)cc2Br)c1F. The Morgan fingerprint density at radius 3 is 2.74 bits per heavy atom. The van der Waals surface area contributed by atoms with E-state index in [0.717, 1.165) is 0 Å². The van der Waals surface area contributed by atoms with E-state index in [1.807, 2.05) is 6.92 Å². The van der Waals surface area contributed by atoms with Crippen LogP contribution in [0, 0.1) is 5.82 Å². The molecule has 0 N–H and O–H groups in total. The van der Waals surface area contributed by atoms with Crippen LogP contribution in [0.1, 0.15) is 12.6 Å². The van der Waals surface area contributed by atoms with Crippen molar-refractivity contribution in [3.05, 3.63) is 40.5 Å². The lowest BCUT2D eigenvalue weighted by Crippen LogP contribution is -1.99. The highest BCUT2D eigenvalue weighted by Gasteiger charge is 2.13. The Hall–Kier alpha value is -1.69. The van der Waals surface area contributed by atoms with Crippen molar-refractivity contribution in [1.82, 2.24) is 9.97 Å². The van der Waals surface area contributed by atoms with Gasteiger partial charge in [0.2, 0.25) is 5.82 Å². The van der Waals surface area contributed by atoms with Gasteiger partial charge in [0.1, 0.15) is 17.8 Å². The van der Waals surface area contributed by atoms with Crippen molar-refractivity contribution in [2.45, 2.75) is 13.3 Å². The van der Waals surface area contributed by atoms with E-state index < -0.39 is 5.82 Å². The van der Waals surface area contributed by atoms with E-state index in [0.29, 0.717) is 28.1 Å². The Balaban J connectivity index is 2.31. The number of hydrogen-bond acceptors (Lipinski definition) is 4. The Kier molecular flexibility index (Phi) is 4.31. The van der Waals surface area contributed by atoms with Gasteiger partial charge >= 0.3 is 0 Å². The fourth-order valence-corrected chi connectivity index (χ4v) is 1.94. The summed E-state index contributed by atoms with van der Waals surface area (Å²) in [4.78, 5) is 7.66. The first-order valence-corrected chi connectivity index (χ1v) is 6.45. The quantitative estimate of drug-likeness (QED) is 0.858. The van der Waals surface area contributed by atoms with Gasteiger partial charge in [0, 0.05) is 0 Å². The molecule has 0 aliphatic heterocycles. The van der Waals surface area contributed by atoms with Crippen molar-refractivity contribution in [1.29, 1.82) is 0 Å². The molecule has 0 radical (unpaired) electrons. The molecular formula is C13H12BrFN2O2. The highest BCUT2D eigenvalue weighted by molar-refractivity contribution is 9.10. The number of aryl methyl sites for hydroxylation is 1. The molecule has 0 atom stereocenters. The zero-order valence-corrected chi connectivity index (χ0v) is 12.1. The lowest BCUT2D eigenvalue weighted by atomic mass is 10.3. The van der Waals surface area contributed by atoms with Crippen molar-refractivity contribution < 1.29 is 13.9 Å². The number of nitrogens with zero attached hydrogens (tertiary/aromatic N) is 2. The summed E-state index contributed by atoms with van der Waals surface area (Å²) in [7, 11) is 1.57. The van der Waals surface area contributed by atoms with Gasteiger partial charge in [-0.3, -0.25) is 0 Å². The second-order valence-electron chi connectivity index (χ2n) is 3.69. The van der Waals surface area contributed by atoms with Crippen molar-refractivity contribution >= 4 is 15.9 Å². The van der Waals surface area contributed by atoms with E-state index in [1.54, 1.807) is 25.3 Å². The summed E-state index contributed by atoms with van der Waals surface area (Å²) in [5.74, 6) is 0.516. The minimum Gasteiger partial charge on any atom is -0.497 e. The molecule has 1 heterocycles. The topological polar surface area (TPSA) is 44.2 Å². The van der Waals surface area contributed by atoms with E-state index in [4.69, 9.17) is 9.47 Å². The van der Waals surface area contributed by atoms with Crippen LogP contribution in [0.5, 0.6) is 17.4 Å². The molecule has 19 heavy (non-hydrogen) atoms. The highest BCUT2D eigenvalue weighted by Crippen LogP contribution is 2.33. The first-order valence-electron chi connectivity index (χ1n) is 5.66. The van der Waals surface area contributed by atoms with Crippen LogP contribution < -0.4 is 9.47 Å². The van der Waals surface area contributed by atoms with Crippen LogP contribution >= 0.6 is 15.9 Å². The van der Waals surface area contributed by atoms with Crippen LogP contribution in [-0.2, 0) is 6.42 Å². The second kappa shape index (κ2) is 5.97. The molecule has 6 heteroatoms. The van der Waals surface area contributed by atoms with E-state index in [9.17, 15) is 4.39 Å². The highest BCUT2D eigenvalue weighted by atomic mass is 79.9. The van der Waals surface area contributed by atoms with E-state index >= 15 is 0 Å². The standard InChI is InChI=1S/C13H12BrFN2O2/c1-3-10-12(15)13(17-7-16-10)19-11-5-4-8(18-2)6-9(11)14/h4-7H,3H2,1-2H3. The Bertz CT molecular complexity index is 593. The van der Waals surface area contributed by atoms with E-state index in [2.05, 4.69) is 25.9 Å². The third-order valence-corrected chi connectivity index (χ3v) is 3.13. The zero-order chi connectivity index (χ0) is 13.8. The molecule has 4 nitrogen and oxygen atoms in total. The Morgan fingerprint density at radius 2 is 2.11 bits per heavy atom. The van der Waals surface area contributed by atoms with Crippen LogP contribution in [0.2, 0.25) is 0 Å². The van der Waals surface area contributed by atoms with Gasteiger partial charge in [-0.2, -0.15) is 9.37 Å². The van der Waals surface area contributed by atoms with Crippen LogP contribution in [0.3, 0.4) is 0 Å². The van der Waals surface area contributed by atoms with E-state index in [-0.39, 0.29) is 5.88 Å². The van der Waals surface area contributed by atoms with Gasteiger partial charge in [-0.25, -0.2) is 4.98 Å². The molecule has 2 aromatic rings. The Labute approximate surface area is 118 Å². The third kappa shape index (κ3) is 3.01. The molecule has 100 valence electrons. The summed E-state index contributed by atoms with van der Waals surface area (Å²) >= 11 is 3.33. The maximum atomic E-state index is 13.9. The normalized spacial score (nSPS) is 10.3. The first kappa shape index (κ1) is 13.7. The Morgan fingerprint density at radius 1 is 1.32 bits per heavy atom. The fourth-order valence-electron chi connectivity index (χ4n) is 1.50. The number of halogens is 2. The average molecular weight is 327 g/mol. The zero-order valence-electron chi connectivity index (χ0n) is 10.5. The van der Waals surface area contributed by atoms with Crippen molar-refractivity contribution in [2.24, 2.45) is 0 Å². The molecule has 0 unspecified atom stereocenters. The van der Waals surface area contributed by atoms with Crippen LogP contribution in [0.4, 0.5) is 4.39 Å². The van der Waals surface area contributed by atoms with Gasteiger partial charge in [-0.15, -0.1) is 0 Å². The van der Waals surface area contributed by atoms with E-state index in [1.165, 1.54) is 6.33 Å². The van der Waals surface area contributed by atoms with Gasteiger partial charge in [-0.1, -0.05) is 6.92 Å². The molecule has 0 fully saturated rings. The molecule has 0 saturated heterocycles. The molecule has 0 bridgehead atoms. The number of hydrogen-bond donors (Lipinski definition) is 0. The molecule has 0 spiro atoms. The number of methoxy groups -OCH3 is 1. The second-order valence-corrected chi connectivity index (χ2v) is 4.55. The fraction of sp³-hybridized carbons (Fsp3) is 0.231. The molecule has 2 rings (SSSR count). The summed E-state index contributed by atoms with van der Waals surface area (Å²) in [6.07, 6.45) is 1.77.